The maximum atomic E-state index is 11.8. The molecule has 0 bridgehead atoms. The highest BCUT2D eigenvalue weighted by molar-refractivity contribution is 14.1. The highest BCUT2D eigenvalue weighted by Crippen LogP contribution is 2.23. The highest BCUT2D eigenvalue weighted by Gasteiger charge is 2.12. The molecule has 0 aliphatic rings. The normalized spacial score (nSPS) is 10.5. The zero-order chi connectivity index (χ0) is 14.0. The van der Waals surface area contributed by atoms with Crippen LogP contribution >= 0.6 is 22.6 Å². The summed E-state index contributed by atoms with van der Waals surface area (Å²) in [6.07, 6.45) is 0. The maximum absolute atomic E-state index is 11.8. The number of aromatic nitrogens is 1. The first-order chi connectivity index (χ1) is 9.04. The van der Waals surface area contributed by atoms with Gasteiger partial charge in [-0.25, -0.2) is 4.79 Å². The first-order valence-electron chi connectivity index (χ1n) is 6.16. The van der Waals surface area contributed by atoms with E-state index in [1.165, 1.54) is 0 Å². The molecule has 0 atom stereocenters. The Kier molecular flexibility index (Phi) is 4.29. The number of esters is 1. The lowest BCUT2D eigenvalue weighted by Gasteiger charge is -2.13. The second-order valence-corrected chi connectivity index (χ2v) is 5.50. The Hall–Kier alpha value is -1.30. The molecule has 0 aliphatic heterocycles. The van der Waals surface area contributed by atoms with Gasteiger partial charge in [0, 0.05) is 15.0 Å². The Morgan fingerprint density at radius 1 is 1.21 bits per heavy atom. The van der Waals surface area contributed by atoms with Crippen LogP contribution in [0.15, 0.2) is 30.3 Å². The summed E-state index contributed by atoms with van der Waals surface area (Å²) < 4.78 is 8.30. The van der Waals surface area contributed by atoms with Crippen LogP contribution in [-0.2, 0) is 4.74 Å². The quantitative estimate of drug-likeness (QED) is 0.608. The minimum absolute atomic E-state index is 0.275. The minimum Gasteiger partial charge on any atom is -0.462 e. The second-order valence-electron chi connectivity index (χ2n) is 4.34. The third-order valence-electron chi connectivity index (χ3n) is 2.97. The molecule has 0 amide bonds. The van der Waals surface area contributed by atoms with E-state index < -0.39 is 0 Å². The van der Waals surface area contributed by atoms with Crippen molar-refractivity contribution in [3.8, 4) is 5.69 Å². The van der Waals surface area contributed by atoms with Crippen LogP contribution in [0.25, 0.3) is 5.69 Å². The third kappa shape index (κ3) is 2.83. The Morgan fingerprint density at radius 3 is 2.42 bits per heavy atom. The summed E-state index contributed by atoms with van der Waals surface area (Å²) in [6.45, 7) is 6.31. The van der Waals surface area contributed by atoms with Gasteiger partial charge in [-0.1, -0.05) is 0 Å². The fourth-order valence-corrected chi connectivity index (χ4v) is 2.65. The van der Waals surface area contributed by atoms with Crippen molar-refractivity contribution in [2.45, 2.75) is 20.8 Å². The van der Waals surface area contributed by atoms with E-state index in [9.17, 15) is 4.79 Å². The maximum Gasteiger partial charge on any atom is 0.338 e. The van der Waals surface area contributed by atoms with Gasteiger partial charge in [-0.15, -0.1) is 0 Å². The predicted molar refractivity (Wildman–Crippen MR) is 83.9 cm³/mol. The number of ether oxygens (including phenoxy) is 1. The number of carbonyl (C=O) groups is 1. The van der Waals surface area contributed by atoms with Crippen LogP contribution in [0.4, 0.5) is 0 Å². The molecule has 0 unspecified atom stereocenters. The summed E-state index contributed by atoms with van der Waals surface area (Å²) in [7, 11) is 0. The van der Waals surface area contributed by atoms with E-state index >= 15 is 0 Å². The number of benzene rings is 1. The van der Waals surface area contributed by atoms with Crippen molar-refractivity contribution in [1.29, 1.82) is 0 Å². The van der Waals surface area contributed by atoms with Crippen LogP contribution < -0.4 is 0 Å². The van der Waals surface area contributed by atoms with Crippen LogP contribution in [0, 0.1) is 17.4 Å². The number of aryl methyl sites for hydroxylation is 2. The Balaban J connectivity index is 2.52. The van der Waals surface area contributed by atoms with Gasteiger partial charge in [0.2, 0.25) is 0 Å². The van der Waals surface area contributed by atoms with Gasteiger partial charge in [0.15, 0.2) is 0 Å². The van der Waals surface area contributed by atoms with Crippen LogP contribution in [0.2, 0.25) is 0 Å². The second kappa shape index (κ2) is 5.77. The van der Waals surface area contributed by atoms with Gasteiger partial charge in [0.25, 0.3) is 0 Å². The van der Waals surface area contributed by atoms with Gasteiger partial charge >= 0.3 is 5.97 Å². The molecule has 4 heteroatoms. The molecule has 2 rings (SSSR count). The first-order valence-corrected chi connectivity index (χ1v) is 7.24. The molecular formula is C15H16INO2. The van der Waals surface area contributed by atoms with Gasteiger partial charge in [0.05, 0.1) is 17.9 Å². The standard InChI is InChI=1S/C15H16INO2/c1-4-19-15(18)12-7-8-13(16)14(9-12)17-10(2)5-6-11(17)3/h5-9H,4H2,1-3H3. The van der Waals surface area contributed by atoms with Gasteiger partial charge in [-0.05, 0) is 73.7 Å². The van der Waals surface area contributed by atoms with Crippen LogP contribution in [0.5, 0.6) is 0 Å². The summed E-state index contributed by atoms with van der Waals surface area (Å²) >= 11 is 2.28. The van der Waals surface area contributed by atoms with Crippen molar-refractivity contribution < 1.29 is 9.53 Å². The number of nitrogens with zero attached hydrogens (tertiary/aromatic N) is 1. The average molecular weight is 369 g/mol. The highest BCUT2D eigenvalue weighted by atomic mass is 127. The van der Waals surface area contributed by atoms with E-state index in [0.29, 0.717) is 12.2 Å². The zero-order valence-corrected chi connectivity index (χ0v) is 13.4. The lowest BCUT2D eigenvalue weighted by atomic mass is 10.2. The van der Waals surface area contributed by atoms with Crippen LogP contribution in [-0.4, -0.2) is 17.1 Å². The van der Waals surface area contributed by atoms with E-state index in [1.54, 1.807) is 6.07 Å². The topological polar surface area (TPSA) is 31.2 Å². The Labute approximate surface area is 126 Å². The molecule has 0 saturated carbocycles. The van der Waals surface area contributed by atoms with Crippen molar-refractivity contribution in [1.82, 2.24) is 4.57 Å². The molecule has 1 heterocycles. The molecule has 1 aromatic carbocycles. The van der Waals surface area contributed by atoms with E-state index in [0.717, 1.165) is 20.6 Å². The Morgan fingerprint density at radius 2 is 1.84 bits per heavy atom. The number of hydrogen-bond acceptors (Lipinski definition) is 2. The molecular weight excluding hydrogens is 353 g/mol. The van der Waals surface area contributed by atoms with E-state index in [1.807, 2.05) is 19.1 Å². The van der Waals surface area contributed by atoms with E-state index in [-0.39, 0.29) is 5.97 Å². The fourth-order valence-electron chi connectivity index (χ4n) is 2.07. The molecule has 0 aliphatic carbocycles. The minimum atomic E-state index is -0.275. The number of rotatable bonds is 3. The SMILES string of the molecule is CCOC(=O)c1ccc(I)c(-n2c(C)ccc2C)c1. The smallest absolute Gasteiger partial charge is 0.338 e. The van der Waals surface area contributed by atoms with Gasteiger partial charge < -0.3 is 9.30 Å². The molecule has 2 aromatic rings. The third-order valence-corrected chi connectivity index (χ3v) is 3.88. The number of carbonyl (C=O) groups excluding carboxylic acids is 1. The monoisotopic (exact) mass is 369 g/mol. The van der Waals surface area contributed by atoms with Crippen molar-refractivity contribution in [2.24, 2.45) is 0 Å². The summed E-state index contributed by atoms with van der Waals surface area (Å²) in [5, 5.41) is 0. The van der Waals surface area contributed by atoms with Crippen LogP contribution in [0.1, 0.15) is 28.7 Å². The predicted octanol–water partition coefficient (Wildman–Crippen LogP) is 3.88. The Bertz CT molecular complexity index is 597. The van der Waals surface area contributed by atoms with Crippen LogP contribution in [0.3, 0.4) is 0 Å². The molecule has 1 aromatic heterocycles. The zero-order valence-electron chi connectivity index (χ0n) is 11.2. The molecule has 0 N–H and O–H groups in total. The molecule has 0 saturated heterocycles. The lowest BCUT2D eigenvalue weighted by Crippen LogP contribution is -2.08. The largest absolute Gasteiger partial charge is 0.462 e. The van der Waals surface area contributed by atoms with Crippen molar-refractivity contribution in [2.75, 3.05) is 6.61 Å². The van der Waals surface area contributed by atoms with E-state index in [4.69, 9.17) is 4.74 Å². The van der Waals surface area contributed by atoms with Crippen molar-refractivity contribution in [3.63, 3.8) is 0 Å². The molecule has 100 valence electrons. The molecule has 3 nitrogen and oxygen atoms in total. The summed E-state index contributed by atoms with van der Waals surface area (Å²) in [5.41, 5.74) is 3.91. The van der Waals surface area contributed by atoms with Gasteiger partial charge in [-0.3, -0.25) is 0 Å². The summed E-state index contributed by atoms with van der Waals surface area (Å²) in [6, 6.07) is 9.78. The van der Waals surface area contributed by atoms with Gasteiger partial charge in [-0.2, -0.15) is 0 Å². The number of halogens is 1. The van der Waals surface area contributed by atoms with Gasteiger partial charge in [0.1, 0.15) is 0 Å². The first kappa shape index (κ1) is 14.1. The van der Waals surface area contributed by atoms with E-state index in [2.05, 4.69) is 53.1 Å². The average Bonchev–Trinajstić information content (AvgIpc) is 2.70. The number of hydrogen-bond donors (Lipinski definition) is 0. The molecule has 19 heavy (non-hydrogen) atoms. The van der Waals surface area contributed by atoms with Crippen molar-refractivity contribution >= 4 is 28.6 Å². The molecule has 0 spiro atoms. The summed E-state index contributed by atoms with van der Waals surface area (Å²) in [5.74, 6) is -0.275. The molecule has 0 fully saturated rings. The summed E-state index contributed by atoms with van der Waals surface area (Å²) in [4.78, 5) is 11.8. The fraction of sp³-hybridized carbons (Fsp3) is 0.267. The lowest BCUT2D eigenvalue weighted by molar-refractivity contribution is 0.0526. The molecule has 0 radical (unpaired) electrons. The van der Waals surface area contributed by atoms with Crippen molar-refractivity contribution in [3.05, 3.63) is 50.9 Å².